The van der Waals surface area contributed by atoms with E-state index in [0.717, 1.165) is 0 Å². The van der Waals surface area contributed by atoms with Crippen LogP contribution < -0.4 is 11.1 Å². The molecule has 7 heteroatoms. The Balaban J connectivity index is 3.59. The summed E-state index contributed by atoms with van der Waals surface area (Å²) in [4.78, 5) is 10.4. The number of amides is 1. The van der Waals surface area contributed by atoms with E-state index in [-0.39, 0.29) is 19.0 Å². The predicted octanol–water partition coefficient (Wildman–Crippen LogP) is 0.543. The number of aliphatic hydroxyl groups is 1. The minimum Gasteiger partial charge on any atom is -0.382 e. The summed E-state index contributed by atoms with van der Waals surface area (Å²) >= 11 is 0. The number of nitrogens with one attached hydrogen (secondary N) is 1. The number of carbonyl (C=O) groups excluding carboxylic acids is 1. The summed E-state index contributed by atoms with van der Waals surface area (Å²) in [6.45, 7) is 1.65. The highest BCUT2D eigenvalue weighted by Crippen LogP contribution is 2.22. The van der Waals surface area contributed by atoms with Crippen LogP contribution in [0.25, 0.3) is 0 Å². The summed E-state index contributed by atoms with van der Waals surface area (Å²) in [6, 6.07) is -0.198. The van der Waals surface area contributed by atoms with Gasteiger partial charge in [0.15, 0.2) is 0 Å². The van der Waals surface area contributed by atoms with Crippen molar-refractivity contribution in [1.29, 1.82) is 0 Å². The molecule has 1 amide bonds. The Morgan fingerprint density at radius 2 is 2.06 bits per heavy atom. The van der Waals surface area contributed by atoms with Crippen molar-refractivity contribution < 1.29 is 23.1 Å². The lowest BCUT2D eigenvalue weighted by molar-refractivity contribution is -0.135. The SMILES string of the molecule is CC(CCCC(F)(F)F)NCC(O)C(N)=O. The van der Waals surface area contributed by atoms with Crippen molar-refractivity contribution in [2.24, 2.45) is 5.73 Å². The Hall–Kier alpha value is -0.820. The molecule has 16 heavy (non-hydrogen) atoms. The molecule has 0 bridgehead atoms. The lowest BCUT2D eigenvalue weighted by Crippen LogP contribution is -2.40. The second kappa shape index (κ2) is 6.70. The molecule has 0 radical (unpaired) electrons. The molecule has 0 saturated heterocycles. The summed E-state index contributed by atoms with van der Waals surface area (Å²) in [5.41, 5.74) is 4.80. The maximum atomic E-state index is 11.8. The second-order valence-corrected chi connectivity index (χ2v) is 3.73. The predicted molar refractivity (Wildman–Crippen MR) is 52.6 cm³/mol. The number of alkyl halides is 3. The zero-order valence-corrected chi connectivity index (χ0v) is 9.05. The van der Waals surface area contributed by atoms with Gasteiger partial charge in [-0.05, 0) is 19.8 Å². The number of primary amides is 1. The van der Waals surface area contributed by atoms with Crippen molar-refractivity contribution in [2.75, 3.05) is 6.54 Å². The van der Waals surface area contributed by atoms with E-state index >= 15 is 0 Å². The van der Waals surface area contributed by atoms with E-state index in [9.17, 15) is 18.0 Å². The Kier molecular flexibility index (Phi) is 6.35. The van der Waals surface area contributed by atoms with Gasteiger partial charge in [0.2, 0.25) is 5.91 Å². The molecule has 2 unspecified atom stereocenters. The summed E-state index contributed by atoms with van der Waals surface area (Å²) in [6.07, 6.45) is -5.91. The van der Waals surface area contributed by atoms with E-state index in [1.807, 2.05) is 0 Å². The number of hydrogen-bond acceptors (Lipinski definition) is 3. The molecule has 0 saturated carbocycles. The highest BCUT2D eigenvalue weighted by Gasteiger charge is 2.26. The van der Waals surface area contributed by atoms with Gasteiger partial charge in [-0.3, -0.25) is 4.79 Å². The van der Waals surface area contributed by atoms with Gasteiger partial charge in [0, 0.05) is 19.0 Å². The Bertz CT molecular complexity index is 221. The van der Waals surface area contributed by atoms with Crippen LogP contribution in [-0.4, -0.2) is 35.9 Å². The van der Waals surface area contributed by atoms with E-state index in [0.29, 0.717) is 6.42 Å². The highest BCUT2D eigenvalue weighted by atomic mass is 19.4. The van der Waals surface area contributed by atoms with E-state index in [4.69, 9.17) is 10.8 Å². The first-order chi connectivity index (χ1) is 7.22. The summed E-state index contributed by atoms with van der Waals surface area (Å²) < 4.78 is 35.4. The van der Waals surface area contributed by atoms with Crippen LogP contribution in [0.5, 0.6) is 0 Å². The number of aliphatic hydroxyl groups excluding tert-OH is 1. The minimum absolute atomic E-state index is 0.0182. The molecule has 0 aliphatic carbocycles. The third kappa shape index (κ3) is 8.49. The van der Waals surface area contributed by atoms with Crippen LogP contribution in [0, 0.1) is 0 Å². The van der Waals surface area contributed by atoms with Crippen LogP contribution in [0.4, 0.5) is 13.2 Å². The van der Waals surface area contributed by atoms with Crippen molar-refractivity contribution in [3.05, 3.63) is 0 Å². The van der Waals surface area contributed by atoms with Crippen molar-refractivity contribution in [3.63, 3.8) is 0 Å². The van der Waals surface area contributed by atoms with Gasteiger partial charge in [-0.25, -0.2) is 0 Å². The van der Waals surface area contributed by atoms with Crippen LogP contribution in [0.2, 0.25) is 0 Å². The molecule has 0 aliphatic rings. The summed E-state index contributed by atoms with van der Waals surface area (Å²) in [5, 5.41) is 11.7. The first-order valence-corrected chi connectivity index (χ1v) is 5.00. The highest BCUT2D eigenvalue weighted by molar-refractivity contribution is 5.78. The smallest absolute Gasteiger partial charge is 0.382 e. The van der Waals surface area contributed by atoms with Gasteiger partial charge in [-0.1, -0.05) is 0 Å². The first-order valence-electron chi connectivity index (χ1n) is 5.00. The summed E-state index contributed by atoms with van der Waals surface area (Å²) in [5.74, 6) is -0.852. The minimum atomic E-state index is -4.13. The van der Waals surface area contributed by atoms with Gasteiger partial charge >= 0.3 is 6.18 Å². The lowest BCUT2D eigenvalue weighted by Gasteiger charge is -2.15. The fourth-order valence-corrected chi connectivity index (χ4v) is 1.12. The van der Waals surface area contributed by atoms with E-state index in [1.54, 1.807) is 6.92 Å². The molecule has 96 valence electrons. The molecular formula is C9H17F3N2O2. The number of carbonyl (C=O) groups is 1. The van der Waals surface area contributed by atoms with E-state index < -0.39 is 24.6 Å². The van der Waals surface area contributed by atoms with E-state index in [1.165, 1.54) is 0 Å². The van der Waals surface area contributed by atoms with Gasteiger partial charge in [0.1, 0.15) is 6.10 Å². The molecule has 0 aromatic carbocycles. The maximum Gasteiger partial charge on any atom is 0.389 e. The standard InChI is InChI=1S/C9H17F3N2O2/c1-6(3-2-4-9(10,11)12)14-5-7(15)8(13)16/h6-7,14-15H,2-5H2,1H3,(H2,13,16). The van der Waals surface area contributed by atoms with Crippen molar-refractivity contribution in [3.8, 4) is 0 Å². The first kappa shape index (κ1) is 15.2. The molecule has 0 aliphatic heterocycles. The monoisotopic (exact) mass is 242 g/mol. The van der Waals surface area contributed by atoms with Crippen LogP contribution in [-0.2, 0) is 4.79 Å². The number of rotatable bonds is 7. The summed E-state index contributed by atoms with van der Waals surface area (Å²) in [7, 11) is 0. The molecule has 0 rings (SSSR count). The molecule has 4 nitrogen and oxygen atoms in total. The normalized spacial score (nSPS) is 15.8. The van der Waals surface area contributed by atoms with Gasteiger partial charge in [-0.15, -0.1) is 0 Å². The zero-order valence-electron chi connectivity index (χ0n) is 9.05. The van der Waals surface area contributed by atoms with Gasteiger partial charge < -0.3 is 16.2 Å². The third-order valence-electron chi connectivity index (χ3n) is 2.09. The van der Waals surface area contributed by atoms with Gasteiger partial charge in [0.25, 0.3) is 0 Å². The van der Waals surface area contributed by atoms with Crippen molar-refractivity contribution >= 4 is 5.91 Å². The molecule has 2 atom stereocenters. The second-order valence-electron chi connectivity index (χ2n) is 3.73. The Morgan fingerprint density at radius 1 is 1.50 bits per heavy atom. The van der Waals surface area contributed by atoms with Gasteiger partial charge in [-0.2, -0.15) is 13.2 Å². The molecule has 0 aromatic rings. The van der Waals surface area contributed by atoms with Gasteiger partial charge in [0.05, 0.1) is 0 Å². The molecular weight excluding hydrogens is 225 g/mol. The quantitative estimate of drug-likeness (QED) is 0.610. The Morgan fingerprint density at radius 3 is 2.50 bits per heavy atom. The molecule has 4 N–H and O–H groups in total. The molecule has 0 heterocycles. The largest absolute Gasteiger partial charge is 0.389 e. The van der Waals surface area contributed by atoms with Crippen LogP contribution in [0.3, 0.4) is 0 Å². The third-order valence-corrected chi connectivity index (χ3v) is 2.09. The van der Waals surface area contributed by atoms with Crippen LogP contribution >= 0.6 is 0 Å². The van der Waals surface area contributed by atoms with Crippen LogP contribution in [0.15, 0.2) is 0 Å². The maximum absolute atomic E-state index is 11.8. The average molecular weight is 242 g/mol. The number of nitrogens with two attached hydrogens (primary N) is 1. The molecule has 0 spiro atoms. The Labute approximate surface area is 92.0 Å². The topological polar surface area (TPSA) is 75.3 Å². The number of halogens is 3. The lowest BCUT2D eigenvalue weighted by atomic mass is 10.1. The van der Waals surface area contributed by atoms with Crippen LogP contribution in [0.1, 0.15) is 26.2 Å². The zero-order chi connectivity index (χ0) is 12.8. The number of hydrogen-bond donors (Lipinski definition) is 3. The molecule has 0 fully saturated rings. The molecule has 0 aromatic heterocycles. The van der Waals surface area contributed by atoms with Crippen molar-refractivity contribution in [2.45, 2.75) is 44.5 Å². The fraction of sp³-hybridized carbons (Fsp3) is 0.889. The van der Waals surface area contributed by atoms with Crippen molar-refractivity contribution in [1.82, 2.24) is 5.32 Å². The van der Waals surface area contributed by atoms with E-state index in [2.05, 4.69) is 5.32 Å². The average Bonchev–Trinajstić information content (AvgIpc) is 2.11. The fourth-order valence-electron chi connectivity index (χ4n) is 1.12.